The highest BCUT2D eigenvalue weighted by Crippen LogP contribution is 2.18. The summed E-state index contributed by atoms with van der Waals surface area (Å²) in [5.41, 5.74) is 6.47. The van der Waals surface area contributed by atoms with Gasteiger partial charge in [0.05, 0.1) is 18.8 Å². The van der Waals surface area contributed by atoms with Crippen molar-refractivity contribution >= 4 is 0 Å². The lowest BCUT2D eigenvalue weighted by atomic mass is 10.0. The molecular formula is C10H14FNO2. The summed E-state index contributed by atoms with van der Waals surface area (Å²) in [7, 11) is 0. The van der Waals surface area contributed by atoms with Crippen LogP contribution in [0.4, 0.5) is 4.39 Å². The van der Waals surface area contributed by atoms with Crippen molar-refractivity contribution in [3.05, 3.63) is 35.1 Å². The molecule has 0 amide bonds. The molecule has 1 aromatic rings. The number of hydrogen-bond donors (Lipinski definition) is 3. The Morgan fingerprint density at radius 1 is 1.50 bits per heavy atom. The molecule has 2 atom stereocenters. The van der Waals surface area contributed by atoms with E-state index in [0.29, 0.717) is 5.56 Å². The average molecular weight is 199 g/mol. The Kier molecular flexibility index (Phi) is 3.57. The molecule has 0 radical (unpaired) electrons. The van der Waals surface area contributed by atoms with Crippen molar-refractivity contribution in [1.29, 1.82) is 0 Å². The number of hydrogen-bond acceptors (Lipinski definition) is 3. The van der Waals surface area contributed by atoms with Crippen molar-refractivity contribution in [2.45, 2.75) is 25.7 Å². The quantitative estimate of drug-likeness (QED) is 0.671. The van der Waals surface area contributed by atoms with Gasteiger partial charge in [-0.15, -0.1) is 0 Å². The van der Waals surface area contributed by atoms with Crippen molar-refractivity contribution in [3.63, 3.8) is 0 Å². The number of rotatable bonds is 3. The summed E-state index contributed by atoms with van der Waals surface area (Å²) in [5.74, 6) is -0.464. The van der Waals surface area contributed by atoms with Crippen molar-refractivity contribution in [2.75, 3.05) is 0 Å². The maximum absolute atomic E-state index is 13.0. The first-order valence-electron chi connectivity index (χ1n) is 4.39. The van der Waals surface area contributed by atoms with Gasteiger partial charge >= 0.3 is 0 Å². The van der Waals surface area contributed by atoms with Crippen LogP contribution in [0.5, 0.6) is 0 Å². The Balaban J connectivity index is 3.00. The van der Waals surface area contributed by atoms with Gasteiger partial charge < -0.3 is 15.9 Å². The monoisotopic (exact) mass is 199 g/mol. The summed E-state index contributed by atoms with van der Waals surface area (Å²) in [6.45, 7) is 1.19. The molecule has 0 saturated heterocycles. The molecule has 0 spiro atoms. The van der Waals surface area contributed by atoms with Crippen molar-refractivity contribution in [3.8, 4) is 0 Å². The van der Waals surface area contributed by atoms with Crippen LogP contribution >= 0.6 is 0 Å². The van der Waals surface area contributed by atoms with E-state index in [1.807, 2.05) is 0 Å². The molecule has 0 saturated carbocycles. The highest BCUT2D eigenvalue weighted by molar-refractivity contribution is 5.27. The summed E-state index contributed by atoms with van der Waals surface area (Å²) < 4.78 is 13.0. The van der Waals surface area contributed by atoms with Crippen LogP contribution in [0.3, 0.4) is 0 Å². The Morgan fingerprint density at radius 2 is 2.14 bits per heavy atom. The normalized spacial score (nSPS) is 15.2. The SMILES string of the molecule is C[C@H](O)[C@@H](N)c1ccc(F)c(CO)c1. The van der Waals surface area contributed by atoms with Gasteiger partial charge in [0.25, 0.3) is 0 Å². The minimum atomic E-state index is -0.702. The van der Waals surface area contributed by atoms with Crippen LogP contribution < -0.4 is 5.73 Å². The van der Waals surface area contributed by atoms with Gasteiger partial charge in [0.1, 0.15) is 5.82 Å². The van der Waals surface area contributed by atoms with Gasteiger partial charge in [0.15, 0.2) is 0 Å². The molecule has 0 aliphatic rings. The fourth-order valence-electron chi connectivity index (χ4n) is 1.20. The van der Waals surface area contributed by atoms with Gasteiger partial charge in [0, 0.05) is 5.56 Å². The third-order valence-corrected chi connectivity index (χ3v) is 2.14. The van der Waals surface area contributed by atoms with Crippen molar-refractivity contribution < 1.29 is 14.6 Å². The molecule has 4 heteroatoms. The van der Waals surface area contributed by atoms with E-state index >= 15 is 0 Å². The lowest BCUT2D eigenvalue weighted by Gasteiger charge is -2.15. The van der Waals surface area contributed by atoms with E-state index in [2.05, 4.69) is 0 Å². The van der Waals surface area contributed by atoms with E-state index in [9.17, 15) is 9.50 Å². The molecule has 1 aromatic carbocycles. The van der Waals surface area contributed by atoms with Gasteiger partial charge in [-0.3, -0.25) is 0 Å². The lowest BCUT2D eigenvalue weighted by Crippen LogP contribution is -2.23. The highest BCUT2D eigenvalue weighted by atomic mass is 19.1. The Morgan fingerprint density at radius 3 is 2.64 bits per heavy atom. The average Bonchev–Trinajstić information content (AvgIpc) is 2.17. The van der Waals surface area contributed by atoms with Crippen molar-refractivity contribution in [1.82, 2.24) is 0 Å². The third kappa shape index (κ3) is 2.29. The van der Waals surface area contributed by atoms with Gasteiger partial charge in [0.2, 0.25) is 0 Å². The first-order chi connectivity index (χ1) is 6.56. The number of halogens is 1. The molecule has 4 N–H and O–H groups in total. The van der Waals surface area contributed by atoms with Gasteiger partial charge in [-0.1, -0.05) is 6.07 Å². The molecule has 0 heterocycles. The molecular weight excluding hydrogens is 185 g/mol. The number of aliphatic hydroxyl groups is 2. The van der Waals surface area contributed by atoms with E-state index in [1.54, 1.807) is 6.92 Å². The molecule has 0 aromatic heterocycles. The Hall–Kier alpha value is -0.970. The largest absolute Gasteiger partial charge is 0.392 e. The van der Waals surface area contributed by atoms with E-state index < -0.39 is 18.0 Å². The molecule has 78 valence electrons. The molecule has 0 fully saturated rings. The number of nitrogens with two attached hydrogens (primary N) is 1. The Labute approximate surface area is 82.0 Å². The van der Waals surface area contributed by atoms with Crippen LogP contribution in [0.15, 0.2) is 18.2 Å². The Bertz CT molecular complexity index is 315. The van der Waals surface area contributed by atoms with E-state index in [-0.39, 0.29) is 12.2 Å². The highest BCUT2D eigenvalue weighted by Gasteiger charge is 2.13. The van der Waals surface area contributed by atoms with Crippen LogP contribution in [0, 0.1) is 5.82 Å². The maximum Gasteiger partial charge on any atom is 0.128 e. The first-order valence-corrected chi connectivity index (χ1v) is 4.39. The fourth-order valence-corrected chi connectivity index (χ4v) is 1.20. The topological polar surface area (TPSA) is 66.5 Å². The zero-order chi connectivity index (χ0) is 10.7. The van der Waals surface area contributed by atoms with Crippen molar-refractivity contribution in [2.24, 2.45) is 5.73 Å². The standard InChI is InChI=1S/C10H14FNO2/c1-6(14)10(12)7-2-3-9(11)8(4-7)5-13/h2-4,6,10,13-14H,5,12H2,1H3/t6-,10+/m0/s1. The molecule has 3 nitrogen and oxygen atoms in total. The lowest BCUT2D eigenvalue weighted by molar-refractivity contribution is 0.164. The van der Waals surface area contributed by atoms with Gasteiger partial charge in [-0.25, -0.2) is 4.39 Å². The van der Waals surface area contributed by atoms with Crippen LogP contribution in [0.1, 0.15) is 24.1 Å². The minimum Gasteiger partial charge on any atom is -0.392 e. The molecule has 0 aliphatic carbocycles. The molecule has 1 rings (SSSR count). The van der Waals surface area contributed by atoms with E-state index in [4.69, 9.17) is 10.8 Å². The summed E-state index contributed by atoms with van der Waals surface area (Å²) in [4.78, 5) is 0. The molecule has 14 heavy (non-hydrogen) atoms. The molecule has 0 aliphatic heterocycles. The van der Waals surface area contributed by atoms with E-state index in [1.165, 1.54) is 18.2 Å². The summed E-state index contributed by atoms with van der Waals surface area (Å²) in [6, 6.07) is 3.66. The summed E-state index contributed by atoms with van der Waals surface area (Å²) in [6.07, 6.45) is -0.702. The second kappa shape index (κ2) is 4.50. The van der Waals surface area contributed by atoms with Gasteiger partial charge in [-0.2, -0.15) is 0 Å². The zero-order valence-corrected chi connectivity index (χ0v) is 7.94. The summed E-state index contributed by atoms with van der Waals surface area (Å²) >= 11 is 0. The molecule has 0 bridgehead atoms. The zero-order valence-electron chi connectivity index (χ0n) is 7.94. The smallest absolute Gasteiger partial charge is 0.128 e. The second-order valence-corrected chi connectivity index (χ2v) is 3.28. The maximum atomic E-state index is 13.0. The van der Waals surface area contributed by atoms with Crippen LogP contribution in [-0.2, 0) is 6.61 Å². The fraction of sp³-hybridized carbons (Fsp3) is 0.400. The van der Waals surface area contributed by atoms with E-state index in [0.717, 1.165) is 0 Å². The first kappa shape index (κ1) is 11.1. The third-order valence-electron chi connectivity index (χ3n) is 2.14. The molecule has 0 unspecified atom stereocenters. The van der Waals surface area contributed by atoms with Crippen LogP contribution in [0.2, 0.25) is 0 Å². The van der Waals surface area contributed by atoms with Gasteiger partial charge in [-0.05, 0) is 24.6 Å². The predicted octanol–water partition coefficient (Wildman–Crippen LogP) is 0.699. The summed E-state index contributed by atoms with van der Waals surface area (Å²) in [5, 5.41) is 18.0. The predicted molar refractivity (Wildman–Crippen MR) is 50.9 cm³/mol. The second-order valence-electron chi connectivity index (χ2n) is 3.28. The van der Waals surface area contributed by atoms with Crippen LogP contribution in [-0.4, -0.2) is 16.3 Å². The minimum absolute atomic E-state index is 0.193. The number of aliphatic hydroxyl groups excluding tert-OH is 2. The number of benzene rings is 1. The van der Waals surface area contributed by atoms with Crippen LogP contribution in [0.25, 0.3) is 0 Å².